The predicted octanol–water partition coefficient (Wildman–Crippen LogP) is 2.57. The van der Waals surface area contributed by atoms with Gasteiger partial charge in [0.1, 0.15) is 0 Å². The van der Waals surface area contributed by atoms with Gasteiger partial charge in [-0.1, -0.05) is 6.07 Å². The summed E-state index contributed by atoms with van der Waals surface area (Å²) in [4.78, 5) is 12.2. The molecule has 1 unspecified atom stereocenters. The maximum absolute atomic E-state index is 12.2. The third-order valence-corrected chi connectivity index (χ3v) is 3.98. The summed E-state index contributed by atoms with van der Waals surface area (Å²) in [6, 6.07) is 8.75. The lowest BCUT2D eigenvalue weighted by molar-refractivity contribution is 0.0916. The maximum Gasteiger partial charge on any atom is 0.251 e. The van der Waals surface area contributed by atoms with Gasteiger partial charge in [0, 0.05) is 24.6 Å². The minimum absolute atomic E-state index is 0.152. The SMILES string of the molecule is Cc1nnc(-c2cccc(C(=O)NCC(O)c3ccsc3)c2)o1. The second kappa shape index (κ2) is 6.72. The number of carbonyl (C=O) groups is 1. The van der Waals surface area contributed by atoms with E-state index in [9.17, 15) is 9.90 Å². The van der Waals surface area contributed by atoms with Gasteiger partial charge < -0.3 is 14.8 Å². The molecule has 2 heterocycles. The Hall–Kier alpha value is -2.51. The number of nitrogens with one attached hydrogen (secondary N) is 1. The highest BCUT2D eigenvalue weighted by Gasteiger charge is 2.13. The molecule has 2 N–H and O–H groups in total. The van der Waals surface area contributed by atoms with Crippen LogP contribution in [0.15, 0.2) is 45.5 Å². The first-order chi connectivity index (χ1) is 11.1. The van der Waals surface area contributed by atoms with E-state index in [4.69, 9.17) is 4.42 Å². The normalized spacial score (nSPS) is 12.1. The van der Waals surface area contributed by atoms with Gasteiger partial charge in [0.05, 0.1) is 6.10 Å². The number of hydrogen-bond acceptors (Lipinski definition) is 6. The Morgan fingerprint density at radius 1 is 1.39 bits per heavy atom. The summed E-state index contributed by atoms with van der Waals surface area (Å²) in [5, 5.41) is 24.2. The number of thiophene rings is 1. The number of aliphatic hydroxyl groups excluding tert-OH is 1. The zero-order valence-corrected chi connectivity index (χ0v) is 13.2. The Labute approximate surface area is 136 Å². The van der Waals surface area contributed by atoms with Crippen molar-refractivity contribution in [3.63, 3.8) is 0 Å². The van der Waals surface area contributed by atoms with E-state index in [1.54, 1.807) is 31.2 Å². The Kier molecular flexibility index (Phi) is 4.50. The molecule has 118 valence electrons. The lowest BCUT2D eigenvalue weighted by Crippen LogP contribution is -2.28. The molecule has 0 spiro atoms. The van der Waals surface area contributed by atoms with Crippen LogP contribution >= 0.6 is 11.3 Å². The quantitative estimate of drug-likeness (QED) is 0.751. The van der Waals surface area contributed by atoms with Crippen LogP contribution in [0.2, 0.25) is 0 Å². The Balaban J connectivity index is 1.68. The van der Waals surface area contributed by atoms with Crippen LogP contribution in [0.5, 0.6) is 0 Å². The van der Waals surface area contributed by atoms with Crippen LogP contribution in [0, 0.1) is 6.92 Å². The summed E-state index contributed by atoms with van der Waals surface area (Å²) in [6.45, 7) is 1.86. The fourth-order valence-corrected chi connectivity index (χ4v) is 2.79. The van der Waals surface area contributed by atoms with Crippen LogP contribution in [-0.2, 0) is 0 Å². The molecule has 1 atom stereocenters. The highest BCUT2D eigenvalue weighted by atomic mass is 32.1. The van der Waals surface area contributed by atoms with E-state index in [2.05, 4.69) is 15.5 Å². The lowest BCUT2D eigenvalue weighted by atomic mass is 10.1. The smallest absolute Gasteiger partial charge is 0.251 e. The molecule has 0 aliphatic heterocycles. The third-order valence-electron chi connectivity index (χ3n) is 3.28. The van der Waals surface area contributed by atoms with Gasteiger partial charge in [0.25, 0.3) is 5.91 Å². The molecule has 0 aliphatic carbocycles. The molecule has 1 aromatic carbocycles. The number of carbonyl (C=O) groups excluding carboxylic acids is 1. The van der Waals surface area contributed by atoms with Gasteiger partial charge in [0.2, 0.25) is 11.8 Å². The lowest BCUT2D eigenvalue weighted by Gasteiger charge is -2.10. The first-order valence-electron chi connectivity index (χ1n) is 7.02. The molecular weight excluding hydrogens is 314 g/mol. The summed E-state index contributed by atoms with van der Waals surface area (Å²) < 4.78 is 5.36. The van der Waals surface area contributed by atoms with Crippen molar-refractivity contribution in [3.8, 4) is 11.5 Å². The molecule has 1 amide bonds. The summed E-state index contributed by atoms with van der Waals surface area (Å²) >= 11 is 1.50. The first-order valence-corrected chi connectivity index (χ1v) is 7.96. The zero-order valence-electron chi connectivity index (χ0n) is 12.4. The first kappa shape index (κ1) is 15.4. The fourth-order valence-electron chi connectivity index (χ4n) is 2.08. The maximum atomic E-state index is 12.2. The van der Waals surface area contributed by atoms with E-state index < -0.39 is 6.10 Å². The average molecular weight is 329 g/mol. The highest BCUT2D eigenvalue weighted by Crippen LogP contribution is 2.19. The Morgan fingerprint density at radius 3 is 2.96 bits per heavy atom. The van der Waals surface area contributed by atoms with E-state index in [-0.39, 0.29) is 12.5 Å². The van der Waals surface area contributed by atoms with Gasteiger partial charge in [-0.15, -0.1) is 10.2 Å². The molecule has 0 saturated carbocycles. The van der Waals surface area contributed by atoms with Crippen LogP contribution in [0.25, 0.3) is 11.5 Å². The van der Waals surface area contributed by atoms with E-state index in [0.717, 1.165) is 5.56 Å². The van der Waals surface area contributed by atoms with Crippen molar-refractivity contribution >= 4 is 17.2 Å². The molecule has 0 bridgehead atoms. The number of rotatable bonds is 5. The van der Waals surface area contributed by atoms with E-state index >= 15 is 0 Å². The average Bonchev–Trinajstić information content (AvgIpc) is 3.24. The van der Waals surface area contributed by atoms with Crippen molar-refractivity contribution in [2.45, 2.75) is 13.0 Å². The standard InChI is InChI=1S/C16H15N3O3S/c1-10-18-19-16(22-10)12-4-2-3-11(7-12)15(21)17-8-14(20)13-5-6-23-9-13/h2-7,9,14,20H,8H2,1H3,(H,17,21). The largest absolute Gasteiger partial charge is 0.421 e. The molecule has 0 radical (unpaired) electrons. The molecule has 0 fully saturated rings. The second-order valence-corrected chi connectivity index (χ2v) is 5.77. The number of aliphatic hydroxyl groups is 1. The minimum atomic E-state index is -0.716. The fraction of sp³-hybridized carbons (Fsp3) is 0.188. The summed E-state index contributed by atoms with van der Waals surface area (Å²) in [5.41, 5.74) is 1.94. The van der Waals surface area contributed by atoms with Crippen LogP contribution in [0.4, 0.5) is 0 Å². The van der Waals surface area contributed by atoms with Crippen molar-refractivity contribution in [1.82, 2.24) is 15.5 Å². The second-order valence-electron chi connectivity index (χ2n) is 4.99. The molecule has 0 saturated heterocycles. The van der Waals surface area contributed by atoms with Gasteiger partial charge >= 0.3 is 0 Å². The topological polar surface area (TPSA) is 88.2 Å². The molecule has 6 nitrogen and oxygen atoms in total. The number of amides is 1. The molecule has 7 heteroatoms. The van der Waals surface area contributed by atoms with E-state index in [0.29, 0.717) is 22.9 Å². The summed E-state index contributed by atoms with van der Waals surface area (Å²) in [7, 11) is 0. The monoisotopic (exact) mass is 329 g/mol. The van der Waals surface area contributed by atoms with Gasteiger partial charge in [-0.3, -0.25) is 4.79 Å². The summed E-state index contributed by atoms with van der Waals surface area (Å²) in [5.74, 6) is 0.571. The Bertz CT molecular complexity index is 799. The highest BCUT2D eigenvalue weighted by molar-refractivity contribution is 7.07. The molecule has 3 aromatic rings. The third kappa shape index (κ3) is 3.64. The number of hydrogen-bond donors (Lipinski definition) is 2. The number of nitrogens with zero attached hydrogens (tertiary/aromatic N) is 2. The predicted molar refractivity (Wildman–Crippen MR) is 86.1 cm³/mol. The van der Waals surface area contributed by atoms with Crippen LogP contribution in [0.3, 0.4) is 0 Å². The van der Waals surface area contributed by atoms with Crippen LogP contribution in [0.1, 0.15) is 27.9 Å². The minimum Gasteiger partial charge on any atom is -0.421 e. The summed E-state index contributed by atoms with van der Waals surface area (Å²) in [6.07, 6.45) is -0.716. The number of aromatic nitrogens is 2. The van der Waals surface area contributed by atoms with Crippen LogP contribution in [-0.4, -0.2) is 27.8 Å². The van der Waals surface area contributed by atoms with Crippen molar-refractivity contribution in [2.24, 2.45) is 0 Å². The Morgan fingerprint density at radius 2 is 2.26 bits per heavy atom. The molecule has 2 aromatic heterocycles. The van der Waals surface area contributed by atoms with E-state index in [1.807, 2.05) is 16.8 Å². The molecular formula is C16H15N3O3S. The molecule has 23 heavy (non-hydrogen) atoms. The van der Waals surface area contributed by atoms with E-state index in [1.165, 1.54) is 11.3 Å². The van der Waals surface area contributed by atoms with Gasteiger partial charge in [0.15, 0.2) is 0 Å². The zero-order chi connectivity index (χ0) is 16.2. The van der Waals surface area contributed by atoms with Gasteiger partial charge in [-0.2, -0.15) is 11.3 Å². The number of benzene rings is 1. The van der Waals surface area contributed by atoms with Crippen molar-refractivity contribution in [1.29, 1.82) is 0 Å². The van der Waals surface area contributed by atoms with Crippen molar-refractivity contribution < 1.29 is 14.3 Å². The van der Waals surface area contributed by atoms with Gasteiger partial charge in [-0.25, -0.2) is 0 Å². The van der Waals surface area contributed by atoms with Gasteiger partial charge in [-0.05, 0) is 40.6 Å². The molecule has 0 aliphatic rings. The van der Waals surface area contributed by atoms with Crippen molar-refractivity contribution in [3.05, 3.63) is 58.1 Å². The van der Waals surface area contributed by atoms with Crippen LogP contribution < -0.4 is 5.32 Å². The molecule has 3 rings (SSSR count). The van der Waals surface area contributed by atoms with Crippen molar-refractivity contribution in [2.75, 3.05) is 6.54 Å². The number of aryl methyl sites for hydroxylation is 1.